The maximum atomic E-state index is 4.64. The topological polar surface area (TPSA) is 24.9 Å². The second kappa shape index (κ2) is 7.34. The van der Waals surface area contributed by atoms with Crippen LogP contribution in [0.1, 0.15) is 43.2 Å². The first kappa shape index (κ1) is 14.9. The Bertz CT molecular complexity index is 344. The molecule has 1 atom stereocenters. The number of fused-ring (bicyclic) bond motifs is 1. The van der Waals surface area contributed by atoms with E-state index in [-0.39, 0.29) is 13.8 Å². The maximum Gasteiger partial charge on any atom is 1.00 e. The fourth-order valence-electron chi connectivity index (χ4n) is 2.36. The quantitative estimate of drug-likeness (QED) is 0.769. The third kappa shape index (κ3) is 4.23. The number of hydrogen-bond acceptors (Lipinski definition) is 3. The van der Waals surface area contributed by atoms with Crippen molar-refractivity contribution in [1.29, 1.82) is 0 Å². The Balaban J connectivity index is 0.00000144. The Labute approximate surface area is 116 Å². The fourth-order valence-corrected chi connectivity index (χ4v) is 3.34. The highest BCUT2D eigenvalue weighted by atomic mass is 35.5. The van der Waals surface area contributed by atoms with Gasteiger partial charge in [-0.2, -0.15) is 0 Å². The summed E-state index contributed by atoms with van der Waals surface area (Å²) < 4.78 is 0. The summed E-state index contributed by atoms with van der Waals surface area (Å²) in [6.45, 7) is 6.72. The molecule has 1 unspecified atom stereocenters. The Morgan fingerprint density at radius 2 is 2.35 bits per heavy atom. The summed E-state index contributed by atoms with van der Waals surface area (Å²) in [4.78, 5) is 6.18. The minimum absolute atomic E-state index is 0. The largest absolute Gasteiger partial charge is 1.00 e. The molecule has 0 amide bonds. The van der Waals surface area contributed by atoms with E-state index < -0.39 is 0 Å². The van der Waals surface area contributed by atoms with E-state index in [4.69, 9.17) is 0 Å². The first-order valence-corrected chi connectivity index (χ1v) is 7.27. The van der Waals surface area contributed by atoms with Gasteiger partial charge in [0.15, 0.2) is 0 Å². The molecule has 0 aliphatic heterocycles. The van der Waals surface area contributed by atoms with Crippen molar-refractivity contribution in [2.24, 2.45) is 5.92 Å². The molecule has 0 bridgehead atoms. The Morgan fingerprint density at radius 3 is 3.12 bits per heavy atom. The molecular formula is C13H23ClN2S. The van der Waals surface area contributed by atoms with Gasteiger partial charge < -0.3 is 17.7 Å². The van der Waals surface area contributed by atoms with Gasteiger partial charge in [0, 0.05) is 4.88 Å². The van der Waals surface area contributed by atoms with Crippen LogP contribution in [0, 0.1) is 12.8 Å². The number of thiazole rings is 1. The highest BCUT2D eigenvalue weighted by molar-refractivity contribution is 7.11. The van der Waals surface area contributed by atoms with Crippen LogP contribution in [0.25, 0.3) is 0 Å². The van der Waals surface area contributed by atoms with Gasteiger partial charge in [0.25, 0.3) is 0 Å². The number of hydrogen-bond donors (Lipinski definition) is 1. The molecule has 1 aromatic heterocycles. The number of nitrogens with zero attached hydrogens (tertiary/aromatic N) is 1. The number of unbranched alkanes of at least 4 members (excludes halogenated alkanes) is 1. The third-order valence-electron chi connectivity index (χ3n) is 3.29. The van der Waals surface area contributed by atoms with Crippen molar-refractivity contribution in [2.45, 2.75) is 46.0 Å². The van der Waals surface area contributed by atoms with Crippen molar-refractivity contribution in [3.05, 3.63) is 15.6 Å². The Morgan fingerprint density at radius 1 is 1.53 bits per heavy atom. The van der Waals surface area contributed by atoms with E-state index >= 15 is 0 Å². The van der Waals surface area contributed by atoms with E-state index in [1.54, 1.807) is 4.88 Å². The van der Waals surface area contributed by atoms with Crippen molar-refractivity contribution < 1.29 is 13.8 Å². The summed E-state index contributed by atoms with van der Waals surface area (Å²) in [7, 11) is 0. The van der Waals surface area contributed by atoms with Gasteiger partial charge in [0.05, 0.1) is 10.7 Å². The smallest absolute Gasteiger partial charge is 1.00 e. The van der Waals surface area contributed by atoms with Gasteiger partial charge in [-0.15, -0.1) is 11.3 Å². The standard InChI is InChI=1S/C13H22N2S.ClH/c1-3-4-7-14-9-11-5-6-13-12(8-11)15-10(2)16-13;/h11,14H,3-9H2,1-2H3;1H. The number of nitrogens with one attached hydrogen (secondary N) is 1. The average Bonchev–Trinajstić information content (AvgIpc) is 2.64. The molecule has 1 N–H and O–H groups in total. The van der Waals surface area contributed by atoms with E-state index in [2.05, 4.69) is 24.1 Å². The molecule has 2 nitrogen and oxygen atoms in total. The normalized spacial score (nSPS) is 18.6. The highest BCUT2D eigenvalue weighted by Gasteiger charge is 2.21. The first-order chi connectivity index (χ1) is 7.79. The lowest BCUT2D eigenvalue weighted by Gasteiger charge is -2.21. The van der Waals surface area contributed by atoms with Gasteiger partial charge in [-0.25, -0.2) is 4.98 Å². The van der Waals surface area contributed by atoms with Crippen molar-refractivity contribution in [3.8, 4) is 0 Å². The molecule has 0 saturated carbocycles. The zero-order chi connectivity index (χ0) is 11.4. The van der Waals surface area contributed by atoms with Crippen LogP contribution >= 0.6 is 11.3 Å². The maximum absolute atomic E-state index is 4.64. The number of aromatic nitrogens is 1. The van der Waals surface area contributed by atoms with Crippen molar-refractivity contribution in [2.75, 3.05) is 13.1 Å². The highest BCUT2D eigenvalue weighted by Crippen LogP contribution is 2.29. The predicted octanol–water partition coefficient (Wildman–Crippen LogP) is 0.0626. The SMILES string of the molecule is CCCCNCC1CCc2sc(C)nc2C1.[Cl-].[H+]. The van der Waals surface area contributed by atoms with Gasteiger partial charge in [-0.3, -0.25) is 0 Å². The Kier molecular flexibility index (Phi) is 6.45. The lowest BCUT2D eigenvalue weighted by molar-refractivity contribution is -0.00000356. The van der Waals surface area contributed by atoms with Crippen molar-refractivity contribution in [3.63, 3.8) is 0 Å². The molecule has 0 saturated heterocycles. The van der Waals surface area contributed by atoms with E-state index in [0.717, 1.165) is 5.92 Å². The van der Waals surface area contributed by atoms with Crippen molar-refractivity contribution >= 4 is 11.3 Å². The summed E-state index contributed by atoms with van der Waals surface area (Å²) in [5.74, 6) is 0.811. The second-order valence-electron chi connectivity index (χ2n) is 4.77. The monoisotopic (exact) mass is 274 g/mol. The fraction of sp³-hybridized carbons (Fsp3) is 0.769. The van der Waals surface area contributed by atoms with Crippen LogP contribution in [0.3, 0.4) is 0 Å². The predicted molar refractivity (Wildman–Crippen MR) is 71.3 cm³/mol. The third-order valence-corrected chi connectivity index (χ3v) is 4.36. The summed E-state index contributed by atoms with van der Waals surface area (Å²) in [6, 6.07) is 0. The van der Waals surface area contributed by atoms with E-state index in [1.165, 1.54) is 55.9 Å². The van der Waals surface area contributed by atoms with E-state index in [0.29, 0.717) is 0 Å². The summed E-state index contributed by atoms with van der Waals surface area (Å²) in [6.07, 6.45) is 6.37. The molecule has 0 fully saturated rings. The molecule has 1 aliphatic carbocycles. The molecule has 0 radical (unpaired) electrons. The molecule has 98 valence electrons. The Hall–Kier alpha value is -0.120. The molecule has 17 heavy (non-hydrogen) atoms. The van der Waals surface area contributed by atoms with Crippen LogP contribution in [-0.4, -0.2) is 18.1 Å². The van der Waals surface area contributed by atoms with E-state index in [9.17, 15) is 0 Å². The lowest BCUT2D eigenvalue weighted by Crippen LogP contribution is -3.00. The number of aryl methyl sites for hydroxylation is 2. The summed E-state index contributed by atoms with van der Waals surface area (Å²) in [5.41, 5.74) is 1.39. The van der Waals surface area contributed by atoms with Crippen LogP contribution in [0.5, 0.6) is 0 Å². The molecule has 4 heteroatoms. The summed E-state index contributed by atoms with van der Waals surface area (Å²) in [5, 5.41) is 4.81. The van der Waals surface area contributed by atoms with Gasteiger partial charge in [-0.05, 0) is 51.6 Å². The zero-order valence-electron chi connectivity index (χ0n) is 11.8. The molecule has 1 aromatic rings. The van der Waals surface area contributed by atoms with Crippen molar-refractivity contribution in [1.82, 2.24) is 10.3 Å². The molecular weight excluding hydrogens is 252 g/mol. The van der Waals surface area contributed by atoms with Crippen LogP contribution < -0.4 is 17.7 Å². The minimum atomic E-state index is 0. The first-order valence-electron chi connectivity index (χ1n) is 6.45. The van der Waals surface area contributed by atoms with Gasteiger partial charge in [0.1, 0.15) is 0 Å². The van der Waals surface area contributed by atoms with Gasteiger partial charge >= 0.3 is 1.43 Å². The van der Waals surface area contributed by atoms with Crippen LogP contribution in [0.4, 0.5) is 0 Å². The van der Waals surface area contributed by atoms with Crippen LogP contribution in [-0.2, 0) is 12.8 Å². The minimum Gasteiger partial charge on any atom is -1.00 e. The lowest BCUT2D eigenvalue weighted by atomic mass is 9.91. The average molecular weight is 275 g/mol. The van der Waals surface area contributed by atoms with Gasteiger partial charge in [-0.1, -0.05) is 13.3 Å². The van der Waals surface area contributed by atoms with Crippen LogP contribution in [0.2, 0.25) is 0 Å². The molecule has 2 rings (SSSR count). The van der Waals surface area contributed by atoms with E-state index in [1.807, 2.05) is 11.3 Å². The summed E-state index contributed by atoms with van der Waals surface area (Å²) >= 11 is 1.89. The molecule has 1 aliphatic rings. The number of halogens is 1. The van der Waals surface area contributed by atoms with Crippen LogP contribution in [0.15, 0.2) is 0 Å². The van der Waals surface area contributed by atoms with Gasteiger partial charge in [0.2, 0.25) is 0 Å². The molecule has 1 heterocycles. The zero-order valence-corrected chi connectivity index (χ0v) is 12.3. The second-order valence-corrected chi connectivity index (χ2v) is 6.06. The number of rotatable bonds is 5. The molecule has 0 spiro atoms. The molecule has 0 aromatic carbocycles.